The largest absolute Gasteiger partial charge is 0.493 e. The van der Waals surface area contributed by atoms with Gasteiger partial charge in [0, 0.05) is 19.8 Å². The number of amides is 2. The second-order valence-corrected chi connectivity index (χ2v) is 4.23. The van der Waals surface area contributed by atoms with Gasteiger partial charge in [-0.2, -0.15) is 0 Å². The number of nitrogen functional groups attached to an aromatic ring is 1. The molecule has 19 heavy (non-hydrogen) atoms. The lowest BCUT2D eigenvalue weighted by molar-refractivity contribution is -0.131. The highest BCUT2D eigenvalue weighted by molar-refractivity contribution is 5.84. The number of anilines is 1. The van der Waals surface area contributed by atoms with Crippen LogP contribution >= 0.6 is 0 Å². The van der Waals surface area contributed by atoms with Crippen molar-refractivity contribution in [1.82, 2.24) is 10.2 Å². The molecule has 104 valence electrons. The third-order valence-corrected chi connectivity index (χ3v) is 2.41. The van der Waals surface area contributed by atoms with E-state index in [4.69, 9.17) is 10.5 Å². The van der Waals surface area contributed by atoms with Crippen LogP contribution in [0.3, 0.4) is 0 Å². The molecule has 1 aromatic rings. The van der Waals surface area contributed by atoms with E-state index in [9.17, 15) is 9.59 Å². The van der Waals surface area contributed by atoms with Gasteiger partial charge in [-0.05, 0) is 24.3 Å². The summed E-state index contributed by atoms with van der Waals surface area (Å²) in [4.78, 5) is 24.1. The predicted molar refractivity (Wildman–Crippen MR) is 72.7 cm³/mol. The van der Waals surface area contributed by atoms with Gasteiger partial charge in [-0.15, -0.1) is 0 Å². The van der Waals surface area contributed by atoms with E-state index in [1.807, 2.05) is 0 Å². The van der Waals surface area contributed by atoms with Crippen LogP contribution in [-0.4, -0.2) is 44.0 Å². The summed E-state index contributed by atoms with van der Waals surface area (Å²) in [5.41, 5.74) is 6.20. The Balaban J connectivity index is 2.20. The van der Waals surface area contributed by atoms with E-state index in [2.05, 4.69) is 5.32 Å². The Morgan fingerprint density at radius 1 is 1.26 bits per heavy atom. The molecule has 0 radical (unpaired) electrons. The smallest absolute Gasteiger partial charge is 0.241 e. The Hall–Kier alpha value is -2.24. The summed E-state index contributed by atoms with van der Waals surface area (Å²) in [7, 11) is 3.28. The molecule has 0 bridgehead atoms. The van der Waals surface area contributed by atoms with Crippen LogP contribution in [0.15, 0.2) is 24.3 Å². The van der Waals surface area contributed by atoms with Crippen molar-refractivity contribution in [2.45, 2.75) is 6.42 Å². The highest BCUT2D eigenvalue weighted by Crippen LogP contribution is 2.12. The van der Waals surface area contributed by atoms with Crippen LogP contribution in [0.1, 0.15) is 6.42 Å². The van der Waals surface area contributed by atoms with Gasteiger partial charge in [0.25, 0.3) is 0 Å². The highest BCUT2D eigenvalue weighted by Gasteiger charge is 2.07. The second kappa shape index (κ2) is 7.25. The molecular formula is C13H19N3O3. The number of nitrogens with zero attached hydrogens (tertiary/aromatic N) is 1. The van der Waals surface area contributed by atoms with Crippen LogP contribution in [-0.2, 0) is 9.59 Å². The minimum atomic E-state index is -0.217. The molecule has 6 nitrogen and oxygen atoms in total. The number of likely N-dealkylation sites (N-methyl/N-ethyl adjacent to an activating group) is 1. The fourth-order valence-electron chi connectivity index (χ4n) is 1.25. The topological polar surface area (TPSA) is 84.7 Å². The maximum absolute atomic E-state index is 11.4. The number of ether oxygens (including phenoxy) is 1. The van der Waals surface area contributed by atoms with E-state index >= 15 is 0 Å². The number of carbonyl (C=O) groups excluding carboxylic acids is 2. The molecule has 1 rings (SSSR count). The van der Waals surface area contributed by atoms with Crippen molar-refractivity contribution in [3.8, 4) is 5.75 Å². The zero-order chi connectivity index (χ0) is 14.3. The third-order valence-electron chi connectivity index (χ3n) is 2.41. The van der Waals surface area contributed by atoms with Gasteiger partial charge >= 0.3 is 0 Å². The Kier molecular flexibility index (Phi) is 5.66. The average Bonchev–Trinajstić information content (AvgIpc) is 2.38. The van der Waals surface area contributed by atoms with E-state index < -0.39 is 0 Å². The number of benzene rings is 1. The summed E-state index contributed by atoms with van der Waals surface area (Å²) in [5, 5.41) is 2.53. The summed E-state index contributed by atoms with van der Waals surface area (Å²) in [6, 6.07) is 6.93. The third kappa shape index (κ3) is 5.76. The second-order valence-electron chi connectivity index (χ2n) is 4.23. The fourth-order valence-corrected chi connectivity index (χ4v) is 1.25. The lowest BCUT2D eigenvalue weighted by Gasteiger charge is -2.11. The average molecular weight is 265 g/mol. The van der Waals surface area contributed by atoms with Crippen LogP contribution < -0.4 is 15.8 Å². The van der Waals surface area contributed by atoms with Crippen LogP contribution in [0, 0.1) is 0 Å². The summed E-state index contributed by atoms with van der Waals surface area (Å²) in [6.45, 7) is 0.264. The van der Waals surface area contributed by atoms with E-state index in [0.29, 0.717) is 11.4 Å². The molecule has 0 unspecified atom stereocenters. The molecule has 0 aliphatic rings. The standard InChI is InChI=1S/C13H19N3O3/c1-16(2)13(18)9-15-12(17)7-8-19-11-5-3-10(14)4-6-11/h3-6H,7-9,14H2,1-2H3,(H,15,17). The first kappa shape index (κ1) is 14.8. The lowest BCUT2D eigenvalue weighted by Crippen LogP contribution is -2.36. The van der Waals surface area contributed by atoms with Gasteiger partial charge in [-0.3, -0.25) is 9.59 Å². The van der Waals surface area contributed by atoms with Crippen molar-refractivity contribution < 1.29 is 14.3 Å². The summed E-state index contributed by atoms with van der Waals surface area (Å²) >= 11 is 0. The monoisotopic (exact) mass is 265 g/mol. The number of hydrogen-bond donors (Lipinski definition) is 2. The SMILES string of the molecule is CN(C)C(=O)CNC(=O)CCOc1ccc(N)cc1. The van der Waals surface area contributed by atoms with E-state index in [0.717, 1.165) is 0 Å². The molecule has 0 spiro atoms. The van der Waals surface area contributed by atoms with E-state index in [-0.39, 0.29) is 31.4 Å². The molecule has 0 aliphatic heterocycles. The molecule has 1 aromatic carbocycles. The molecule has 6 heteroatoms. The summed E-state index contributed by atoms with van der Waals surface area (Å²) in [5.74, 6) is 0.296. The van der Waals surface area contributed by atoms with Crippen LogP contribution in [0.4, 0.5) is 5.69 Å². The van der Waals surface area contributed by atoms with E-state index in [1.165, 1.54) is 4.90 Å². The first-order valence-corrected chi connectivity index (χ1v) is 5.94. The lowest BCUT2D eigenvalue weighted by atomic mass is 10.3. The number of rotatable bonds is 6. The van der Waals surface area contributed by atoms with Crippen LogP contribution in [0.5, 0.6) is 5.75 Å². The van der Waals surface area contributed by atoms with Crippen molar-refractivity contribution in [2.24, 2.45) is 0 Å². The number of hydrogen-bond acceptors (Lipinski definition) is 4. The van der Waals surface area contributed by atoms with Gasteiger partial charge < -0.3 is 20.7 Å². The molecule has 0 saturated heterocycles. The Morgan fingerprint density at radius 3 is 2.47 bits per heavy atom. The highest BCUT2D eigenvalue weighted by atomic mass is 16.5. The Bertz CT molecular complexity index is 429. The quantitative estimate of drug-likeness (QED) is 0.722. The van der Waals surface area contributed by atoms with Crippen molar-refractivity contribution in [1.29, 1.82) is 0 Å². The maximum atomic E-state index is 11.4. The van der Waals surface area contributed by atoms with Crippen molar-refractivity contribution in [2.75, 3.05) is 33.0 Å². The molecule has 0 fully saturated rings. The molecule has 2 amide bonds. The van der Waals surface area contributed by atoms with Crippen molar-refractivity contribution in [3.05, 3.63) is 24.3 Å². The minimum Gasteiger partial charge on any atom is -0.493 e. The van der Waals surface area contributed by atoms with Gasteiger partial charge in [0.05, 0.1) is 19.6 Å². The zero-order valence-corrected chi connectivity index (χ0v) is 11.2. The Morgan fingerprint density at radius 2 is 1.89 bits per heavy atom. The zero-order valence-electron chi connectivity index (χ0n) is 11.2. The number of nitrogens with two attached hydrogens (primary N) is 1. The molecule has 3 N–H and O–H groups in total. The maximum Gasteiger partial charge on any atom is 0.241 e. The molecule has 0 atom stereocenters. The first-order chi connectivity index (χ1) is 8.99. The van der Waals surface area contributed by atoms with Gasteiger partial charge in [-0.25, -0.2) is 0 Å². The van der Waals surface area contributed by atoms with Gasteiger partial charge in [0.2, 0.25) is 11.8 Å². The van der Waals surface area contributed by atoms with Gasteiger partial charge in [0.15, 0.2) is 0 Å². The van der Waals surface area contributed by atoms with Gasteiger partial charge in [0.1, 0.15) is 5.75 Å². The molecule has 0 saturated carbocycles. The minimum absolute atomic E-state index is 0.00764. The van der Waals surface area contributed by atoms with Crippen LogP contribution in [0.2, 0.25) is 0 Å². The first-order valence-electron chi connectivity index (χ1n) is 5.94. The number of nitrogens with one attached hydrogen (secondary N) is 1. The number of carbonyl (C=O) groups is 2. The predicted octanol–water partition coefficient (Wildman–Crippen LogP) is 0.242. The van der Waals surface area contributed by atoms with Gasteiger partial charge in [-0.1, -0.05) is 0 Å². The summed E-state index contributed by atoms with van der Waals surface area (Å²) in [6.07, 6.45) is 0.199. The molecule has 0 aliphatic carbocycles. The normalized spacial score (nSPS) is 9.79. The molecule has 0 heterocycles. The fraction of sp³-hybridized carbons (Fsp3) is 0.385. The molecular weight excluding hydrogens is 246 g/mol. The van der Waals surface area contributed by atoms with Crippen molar-refractivity contribution in [3.63, 3.8) is 0 Å². The van der Waals surface area contributed by atoms with E-state index in [1.54, 1.807) is 38.4 Å². The molecule has 0 aromatic heterocycles. The van der Waals surface area contributed by atoms with Crippen molar-refractivity contribution >= 4 is 17.5 Å². The summed E-state index contributed by atoms with van der Waals surface area (Å²) < 4.78 is 5.37. The Labute approximate surface area is 112 Å². The van der Waals surface area contributed by atoms with Crippen LogP contribution in [0.25, 0.3) is 0 Å².